The van der Waals surface area contributed by atoms with E-state index in [1.165, 1.54) is 11.6 Å². The molecule has 112 valence electrons. The molecule has 0 aliphatic carbocycles. The number of hydrogen-bond donors (Lipinski definition) is 1. The fourth-order valence-electron chi connectivity index (χ4n) is 2.04. The topological polar surface area (TPSA) is 21.3 Å². The van der Waals surface area contributed by atoms with E-state index in [-0.39, 0.29) is 17.0 Å². The Morgan fingerprint density at radius 2 is 1.76 bits per heavy atom. The van der Waals surface area contributed by atoms with Gasteiger partial charge < -0.3 is 10.1 Å². The van der Waals surface area contributed by atoms with Gasteiger partial charge in [-0.2, -0.15) is 0 Å². The number of hydrogen-bond acceptors (Lipinski definition) is 2. The highest BCUT2D eigenvalue weighted by molar-refractivity contribution is 5.47. The first kappa shape index (κ1) is 15.4. The van der Waals surface area contributed by atoms with E-state index in [4.69, 9.17) is 4.74 Å². The van der Waals surface area contributed by atoms with E-state index >= 15 is 0 Å². The normalized spacial score (nSPS) is 11.3. The van der Waals surface area contributed by atoms with Crippen LogP contribution in [0.2, 0.25) is 0 Å². The van der Waals surface area contributed by atoms with Gasteiger partial charge in [0.05, 0.1) is 0 Å². The Balaban J connectivity index is 2.17. The van der Waals surface area contributed by atoms with Crippen molar-refractivity contribution in [3.63, 3.8) is 0 Å². The molecule has 0 heterocycles. The number of benzene rings is 2. The van der Waals surface area contributed by atoms with Crippen molar-refractivity contribution in [3.8, 4) is 11.5 Å². The lowest BCUT2D eigenvalue weighted by Gasteiger charge is -2.23. The monoisotopic (exact) mass is 287 g/mol. The summed E-state index contributed by atoms with van der Waals surface area (Å²) in [4.78, 5) is 0. The lowest BCUT2D eigenvalue weighted by Crippen LogP contribution is -2.14. The molecule has 0 aromatic heterocycles. The van der Waals surface area contributed by atoms with Crippen LogP contribution in [-0.4, -0.2) is 7.05 Å². The molecule has 3 heteroatoms. The molecule has 2 nitrogen and oxygen atoms in total. The molecule has 0 unspecified atom stereocenters. The molecular weight excluding hydrogens is 265 g/mol. The minimum Gasteiger partial charge on any atom is -0.454 e. The first-order chi connectivity index (χ1) is 9.96. The highest BCUT2D eigenvalue weighted by atomic mass is 19.1. The van der Waals surface area contributed by atoms with Gasteiger partial charge in [-0.05, 0) is 41.7 Å². The van der Waals surface area contributed by atoms with Crippen LogP contribution < -0.4 is 10.1 Å². The van der Waals surface area contributed by atoms with Crippen molar-refractivity contribution in [3.05, 3.63) is 53.8 Å². The quantitative estimate of drug-likeness (QED) is 0.800. The van der Waals surface area contributed by atoms with Crippen LogP contribution in [0.3, 0.4) is 0 Å². The van der Waals surface area contributed by atoms with Crippen LogP contribution in [0.25, 0.3) is 0 Å². The van der Waals surface area contributed by atoms with Crippen molar-refractivity contribution >= 4 is 5.69 Å². The fourth-order valence-corrected chi connectivity index (χ4v) is 2.04. The van der Waals surface area contributed by atoms with E-state index in [0.29, 0.717) is 5.75 Å². The molecule has 0 bridgehead atoms. The van der Waals surface area contributed by atoms with Crippen molar-refractivity contribution < 1.29 is 9.13 Å². The van der Waals surface area contributed by atoms with Crippen LogP contribution in [0.15, 0.2) is 42.5 Å². The minimum absolute atomic E-state index is 0.137. The standard InChI is InChI=1S/C18H22FNO/c1-5-18(2,3)13-6-9-15(10-7-13)21-17-11-8-14(20-4)12-16(17)19/h6-12,20H,5H2,1-4H3. The highest BCUT2D eigenvalue weighted by Gasteiger charge is 2.17. The molecule has 0 saturated carbocycles. The summed E-state index contributed by atoms with van der Waals surface area (Å²) < 4.78 is 19.5. The largest absolute Gasteiger partial charge is 0.454 e. The molecule has 0 radical (unpaired) electrons. The molecule has 0 amide bonds. The fraction of sp³-hybridized carbons (Fsp3) is 0.333. The summed E-state index contributed by atoms with van der Waals surface area (Å²) in [5.41, 5.74) is 2.11. The van der Waals surface area contributed by atoms with Gasteiger partial charge in [0.25, 0.3) is 0 Å². The zero-order valence-corrected chi connectivity index (χ0v) is 13.0. The Kier molecular flexibility index (Phi) is 4.51. The van der Waals surface area contributed by atoms with Gasteiger partial charge in [-0.15, -0.1) is 0 Å². The van der Waals surface area contributed by atoms with Gasteiger partial charge in [0.15, 0.2) is 11.6 Å². The molecule has 0 fully saturated rings. The van der Waals surface area contributed by atoms with Crippen LogP contribution in [0.5, 0.6) is 11.5 Å². The number of anilines is 1. The maximum absolute atomic E-state index is 13.9. The average molecular weight is 287 g/mol. The lowest BCUT2D eigenvalue weighted by molar-refractivity contribution is 0.441. The summed E-state index contributed by atoms with van der Waals surface area (Å²) in [6.07, 6.45) is 1.06. The molecular formula is C18H22FNO. The Hall–Kier alpha value is -2.03. The number of nitrogens with one attached hydrogen (secondary N) is 1. The SMILES string of the molecule is CCC(C)(C)c1ccc(Oc2ccc(NC)cc2F)cc1. The van der Waals surface area contributed by atoms with Gasteiger partial charge in [0.2, 0.25) is 0 Å². The van der Waals surface area contributed by atoms with Crippen LogP contribution >= 0.6 is 0 Å². The van der Waals surface area contributed by atoms with Crippen molar-refractivity contribution in [2.75, 3.05) is 12.4 Å². The first-order valence-electron chi connectivity index (χ1n) is 7.22. The maximum atomic E-state index is 13.9. The second-order valence-electron chi connectivity index (χ2n) is 5.76. The molecule has 21 heavy (non-hydrogen) atoms. The molecule has 2 aromatic rings. The molecule has 0 spiro atoms. The predicted molar refractivity (Wildman–Crippen MR) is 85.8 cm³/mol. The first-order valence-corrected chi connectivity index (χ1v) is 7.22. The van der Waals surface area contributed by atoms with Gasteiger partial charge >= 0.3 is 0 Å². The van der Waals surface area contributed by atoms with Gasteiger partial charge in [0, 0.05) is 18.8 Å². The summed E-state index contributed by atoms with van der Waals surface area (Å²) in [5.74, 6) is 0.498. The second kappa shape index (κ2) is 6.17. The molecule has 1 N–H and O–H groups in total. The summed E-state index contributed by atoms with van der Waals surface area (Å²) in [6, 6.07) is 12.7. The minimum atomic E-state index is -0.375. The number of ether oxygens (including phenoxy) is 1. The summed E-state index contributed by atoms with van der Waals surface area (Å²) in [6.45, 7) is 6.58. The van der Waals surface area contributed by atoms with Crippen molar-refractivity contribution in [2.45, 2.75) is 32.6 Å². The summed E-state index contributed by atoms with van der Waals surface area (Å²) >= 11 is 0. The van der Waals surface area contributed by atoms with E-state index < -0.39 is 0 Å². The number of rotatable bonds is 5. The van der Waals surface area contributed by atoms with Gasteiger partial charge in [-0.3, -0.25) is 0 Å². The lowest BCUT2D eigenvalue weighted by atomic mass is 9.82. The van der Waals surface area contributed by atoms with Crippen molar-refractivity contribution in [1.29, 1.82) is 0 Å². The van der Waals surface area contributed by atoms with E-state index in [0.717, 1.165) is 12.1 Å². The average Bonchev–Trinajstić information content (AvgIpc) is 2.50. The van der Waals surface area contributed by atoms with Crippen molar-refractivity contribution in [2.24, 2.45) is 0 Å². The zero-order chi connectivity index (χ0) is 15.5. The highest BCUT2D eigenvalue weighted by Crippen LogP contribution is 2.30. The molecule has 0 saturated heterocycles. The summed E-state index contributed by atoms with van der Waals surface area (Å²) in [7, 11) is 1.75. The smallest absolute Gasteiger partial charge is 0.167 e. The molecule has 2 aromatic carbocycles. The molecule has 0 aliphatic rings. The molecule has 0 atom stereocenters. The van der Waals surface area contributed by atoms with Gasteiger partial charge in [-0.1, -0.05) is 32.9 Å². The Bertz CT molecular complexity index is 605. The Morgan fingerprint density at radius 1 is 1.10 bits per heavy atom. The Labute approximate surface area is 126 Å². The third-order valence-electron chi connectivity index (χ3n) is 3.97. The Morgan fingerprint density at radius 3 is 2.29 bits per heavy atom. The molecule has 2 rings (SSSR count). The van der Waals surface area contributed by atoms with E-state index in [9.17, 15) is 4.39 Å². The van der Waals surface area contributed by atoms with Crippen LogP contribution in [0, 0.1) is 5.82 Å². The third-order valence-corrected chi connectivity index (χ3v) is 3.97. The second-order valence-corrected chi connectivity index (χ2v) is 5.76. The van der Waals surface area contributed by atoms with E-state index in [2.05, 4.69) is 26.1 Å². The van der Waals surface area contributed by atoms with Crippen LogP contribution in [0.4, 0.5) is 10.1 Å². The number of halogens is 1. The predicted octanol–water partition coefficient (Wildman–Crippen LogP) is 5.35. The van der Waals surface area contributed by atoms with Crippen LogP contribution in [-0.2, 0) is 5.41 Å². The van der Waals surface area contributed by atoms with E-state index in [1.807, 2.05) is 24.3 Å². The van der Waals surface area contributed by atoms with E-state index in [1.54, 1.807) is 19.2 Å². The van der Waals surface area contributed by atoms with Gasteiger partial charge in [-0.25, -0.2) is 4.39 Å². The van der Waals surface area contributed by atoms with Gasteiger partial charge in [0.1, 0.15) is 5.75 Å². The molecule has 0 aliphatic heterocycles. The third kappa shape index (κ3) is 3.54. The summed E-state index contributed by atoms with van der Waals surface area (Å²) in [5, 5.41) is 2.89. The van der Waals surface area contributed by atoms with Crippen molar-refractivity contribution in [1.82, 2.24) is 0 Å². The maximum Gasteiger partial charge on any atom is 0.167 e. The zero-order valence-electron chi connectivity index (χ0n) is 13.0. The van der Waals surface area contributed by atoms with Crippen LogP contribution in [0.1, 0.15) is 32.8 Å².